The van der Waals surface area contributed by atoms with Crippen molar-refractivity contribution in [3.05, 3.63) is 29.6 Å². The minimum Gasteiger partial charge on any atom is -0.493 e. The van der Waals surface area contributed by atoms with Gasteiger partial charge in [0.05, 0.1) is 13.2 Å². The second kappa shape index (κ2) is 7.41. The molecule has 1 aliphatic rings. The van der Waals surface area contributed by atoms with E-state index in [4.69, 9.17) is 9.47 Å². The fourth-order valence-electron chi connectivity index (χ4n) is 2.06. The Labute approximate surface area is 124 Å². The Hall–Kier alpha value is -1.62. The molecular formula is C16H22FNO3. The average Bonchev–Trinajstić information content (AvgIpc) is 3.26. The third-order valence-corrected chi connectivity index (χ3v) is 3.40. The van der Waals surface area contributed by atoms with Gasteiger partial charge in [-0.25, -0.2) is 4.39 Å². The number of nitrogens with one attached hydrogen (secondary N) is 1. The molecule has 1 fully saturated rings. The Balaban J connectivity index is 1.85. The van der Waals surface area contributed by atoms with E-state index in [1.54, 1.807) is 13.0 Å². The highest BCUT2D eigenvalue weighted by atomic mass is 19.1. The molecule has 1 atom stereocenters. The number of hydrogen-bond donors (Lipinski definition) is 1. The molecule has 1 unspecified atom stereocenters. The van der Waals surface area contributed by atoms with Crippen molar-refractivity contribution in [2.75, 3.05) is 13.2 Å². The maximum Gasteiger partial charge on any atom is 0.323 e. The van der Waals surface area contributed by atoms with Gasteiger partial charge < -0.3 is 14.8 Å². The zero-order chi connectivity index (χ0) is 15.2. The molecular weight excluding hydrogens is 273 g/mol. The number of benzene rings is 1. The number of halogens is 1. The molecule has 1 saturated carbocycles. The molecule has 0 aliphatic heterocycles. The van der Waals surface area contributed by atoms with Gasteiger partial charge >= 0.3 is 5.97 Å². The molecule has 0 radical (unpaired) electrons. The van der Waals surface area contributed by atoms with Crippen LogP contribution in [0.5, 0.6) is 5.75 Å². The van der Waals surface area contributed by atoms with Crippen LogP contribution in [0.15, 0.2) is 18.2 Å². The molecule has 4 nitrogen and oxygen atoms in total. The van der Waals surface area contributed by atoms with Crippen molar-refractivity contribution in [3.63, 3.8) is 0 Å². The molecule has 0 amide bonds. The summed E-state index contributed by atoms with van der Waals surface area (Å²) >= 11 is 0. The molecule has 1 aliphatic carbocycles. The number of carbonyl (C=O) groups excluding carboxylic acids is 1. The number of esters is 1. The van der Waals surface area contributed by atoms with Gasteiger partial charge in [0, 0.05) is 18.5 Å². The van der Waals surface area contributed by atoms with Crippen molar-refractivity contribution in [2.24, 2.45) is 0 Å². The molecule has 0 bridgehead atoms. The van der Waals surface area contributed by atoms with Gasteiger partial charge in [-0.05, 0) is 38.3 Å². The van der Waals surface area contributed by atoms with Crippen LogP contribution in [0.4, 0.5) is 4.39 Å². The standard InChI is InChI=1S/C16H22FNO3/c1-3-20-16(19)14(18-13-6-7-13)8-9-21-15-10-12(17)5-4-11(15)2/h4-5,10,13-14,18H,3,6-9H2,1-2H3. The highest BCUT2D eigenvalue weighted by Gasteiger charge is 2.29. The van der Waals surface area contributed by atoms with E-state index in [0.717, 1.165) is 18.4 Å². The minimum atomic E-state index is -0.355. The highest BCUT2D eigenvalue weighted by molar-refractivity contribution is 5.75. The van der Waals surface area contributed by atoms with E-state index in [0.29, 0.717) is 31.4 Å². The van der Waals surface area contributed by atoms with Gasteiger partial charge in [-0.3, -0.25) is 4.79 Å². The monoisotopic (exact) mass is 295 g/mol. The lowest BCUT2D eigenvalue weighted by Gasteiger charge is -2.17. The van der Waals surface area contributed by atoms with Crippen molar-refractivity contribution >= 4 is 5.97 Å². The van der Waals surface area contributed by atoms with Crippen LogP contribution >= 0.6 is 0 Å². The fourth-order valence-corrected chi connectivity index (χ4v) is 2.06. The van der Waals surface area contributed by atoms with Crippen molar-refractivity contribution in [1.29, 1.82) is 0 Å². The number of rotatable bonds is 8. The molecule has 1 aromatic rings. The first kappa shape index (κ1) is 15.8. The predicted octanol–water partition coefficient (Wildman–Crippen LogP) is 2.59. The average molecular weight is 295 g/mol. The second-order valence-corrected chi connectivity index (χ2v) is 5.29. The lowest BCUT2D eigenvalue weighted by atomic mass is 10.2. The summed E-state index contributed by atoms with van der Waals surface area (Å²) in [6, 6.07) is 4.50. The molecule has 116 valence electrons. The van der Waals surface area contributed by atoms with Gasteiger partial charge in [-0.15, -0.1) is 0 Å². The van der Waals surface area contributed by atoms with Crippen LogP contribution in [0.3, 0.4) is 0 Å². The first-order chi connectivity index (χ1) is 10.1. The highest BCUT2D eigenvalue weighted by Crippen LogP contribution is 2.21. The first-order valence-corrected chi connectivity index (χ1v) is 7.41. The summed E-state index contributed by atoms with van der Waals surface area (Å²) in [5.74, 6) is -0.0540. The predicted molar refractivity (Wildman–Crippen MR) is 77.8 cm³/mol. The van der Waals surface area contributed by atoms with Crippen LogP contribution in [0.25, 0.3) is 0 Å². The molecule has 5 heteroatoms. The largest absolute Gasteiger partial charge is 0.493 e. The smallest absolute Gasteiger partial charge is 0.323 e. The summed E-state index contributed by atoms with van der Waals surface area (Å²) < 4.78 is 23.8. The normalized spacial score (nSPS) is 15.6. The van der Waals surface area contributed by atoms with Gasteiger partial charge in [-0.2, -0.15) is 0 Å². The maximum absolute atomic E-state index is 13.2. The fraction of sp³-hybridized carbons (Fsp3) is 0.562. The van der Waals surface area contributed by atoms with Crippen molar-refractivity contribution in [2.45, 2.75) is 45.2 Å². The Bertz CT molecular complexity index is 488. The van der Waals surface area contributed by atoms with Crippen molar-refractivity contribution in [3.8, 4) is 5.75 Å². The molecule has 0 aromatic heterocycles. The quantitative estimate of drug-likeness (QED) is 0.749. The third kappa shape index (κ3) is 5.01. The van der Waals surface area contributed by atoms with Crippen LogP contribution in [-0.2, 0) is 9.53 Å². The summed E-state index contributed by atoms with van der Waals surface area (Å²) in [6.07, 6.45) is 2.70. The summed E-state index contributed by atoms with van der Waals surface area (Å²) in [5, 5.41) is 3.26. The number of aryl methyl sites for hydroxylation is 1. The van der Waals surface area contributed by atoms with Gasteiger partial charge in [0.1, 0.15) is 17.6 Å². The summed E-state index contributed by atoms with van der Waals surface area (Å²) in [7, 11) is 0. The van der Waals surface area contributed by atoms with E-state index >= 15 is 0 Å². The van der Waals surface area contributed by atoms with Crippen molar-refractivity contribution < 1.29 is 18.7 Å². The summed E-state index contributed by atoms with van der Waals surface area (Å²) in [4.78, 5) is 11.9. The van der Waals surface area contributed by atoms with Gasteiger partial charge in [0.2, 0.25) is 0 Å². The Morgan fingerprint density at radius 1 is 1.48 bits per heavy atom. The van der Waals surface area contributed by atoms with Crippen LogP contribution in [0, 0.1) is 12.7 Å². The van der Waals surface area contributed by atoms with E-state index in [9.17, 15) is 9.18 Å². The SMILES string of the molecule is CCOC(=O)C(CCOc1cc(F)ccc1C)NC1CC1. The van der Waals surface area contributed by atoms with E-state index in [-0.39, 0.29) is 17.8 Å². The van der Waals surface area contributed by atoms with Crippen LogP contribution in [0.2, 0.25) is 0 Å². The van der Waals surface area contributed by atoms with Gasteiger partial charge in [0.25, 0.3) is 0 Å². The lowest BCUT2D eigenvalue weighted by Crippen LogP contribution is -2.40. The van der Waals surface area contributed by atoms with E-state index in [2.05, 4.69) is 5.32 Å². The third-order valence-electron chi connectivity index (χ3n) is 3.40. The summed E-state index contributed by atoms with van der Waals surface area (Å²) in [6.45, 7) is 4.36. The Kier molecular flexibility index (Phi) is 5.56. The van der Waals surface area contributed by atoms with E-state index in [1.807, 2.05) is 6.92 Å². The molecule has 2 rings (SSSR count). The second-order valence-electron chi connectivity index (χ2n) is 5.29. The molecule has 0 saturated heterocycles. The van der Waals surface area contributed by atoms with Gasteiger partial charge in [-0.1, -0.05) is 6.07 Å². The molecule has 1 aromatic carbocycles. The van der Waals surface area contributed by atoms with E-state index < -0.39 is 0 Å². The minimum absolute atomic E-state index is 0.246. The maximum atomic E-state index is 13.2. The first-order valence-electron chi connectivity index (χ1n) is 7.41. The van der Waals surface area contributed by atoms with Crippen LogP contribution in [-0.4, -0.2) is 31.3 Å². The van der Waals surface area contributed by atoms with Crippen LogP contribution in [0.1, 0.15) is 31.7 Å². The molecule has 21 heavy (non-hydrogen) atoms. The lowest BCUT2D eigenvalue weighted by molar-refractivity contribution is -0.146. The Morgan fingerprint density at radius 2 is 2.24 bits per heavy atom. The number of ether oxygens (including phenoxy) is 2. The van der Waals surface area contributed by atoms with Gasteiger partial charge in [0.15, 0.2) is 0 Å². The zero-order valence-electron chi connectivity index (χ0n) is 12.5. The molecule has 0 spiro atoms. The molecule has 0 heterocycles. The van der Waals surface area contributed by atoms with E-state index in [1.165, 1.54) is 12.1 Å². The number of carbonyl (C=O) groups is 1. The topological polar surface area (TPSA) is 47.6 Å². The van der Waals surface area contributed by atoms with Crippen molar-refractivity contribution in [1.82, 2.24) is 5.32 Å². The number of hydrogen-bond acceptors (Lipinski definition) is 4. The molecule has 1 N–H and O–H groups in total. The summed E-state index contributed by atoms with van der Waals surface area (Å²) in [5.41, 5.74) is 0.874. The zero-order valence-corrected chi connectivity index (χ0v) is 12.5. The Morgan fingerprint density at radius 3 is 2.90 bits per heavy atom. The van der Waals surface area contributed by atoms with Crippen LogP contribution < -0.4 is 10.1 Å².